The van der Waals surface area contributed by atoms with Gasteiger partial charge >= 0.3 is 6.18 Å². The van der Waals surface area contributed by atoms with Gasteiger partial charge in [-0.05, 0) is 71.8 Å². The number of nitrogens with one attached hydrogen (secondary N) is 1. The number of hydrogen-bond donors (Lipinski definition) is 1. The molecule has 1 amide bonds. The number of nitrogens with zero attached hydrogens (tertiary/aromatic N) is 8. The second-order valence-electron chi connectivity index (χ2n) is 11.2. The van der Waals surface area contributed by atoms with Gasteiger partial charge in [0.2, 0.25) is 0 Å². The molecule has 234 valence electrons. The third-order valence-electron chi connectivity index (χ3n) is 8.13. The largest absolute Gasteiger partial charge is 0.416 e. The Morgan fingerprint density at radius 2 is 1.91 bits per heavy atom. The number of carbonyl (C=O) groups excluding carboxylic acids is 1. The number of fused-ring (bicyclic) bond motifs is 1. The molecule has 2 aromatic heterocycles. The molecule has 6 rings (SSSR count). The van der Waals surface area contributed by atoms with E-state index in [4.69, 9.17) is 10.00 Å². The molecule has 14 heteroatoms. The average Bonchev–Trinajstić information content (AvgIpc) is 3.57. The van der Waals surface area contributed by atoms with E-state index in [9.17, 15) is 23.2 Å². The molecule has 0 aliphatic carbocycles. The highest BCUT2D eigenvalue weighted by Crippen LogP contribution is 2.41. The summed E-state index contributed by atoms with van der Waals surface area (Å²) in [4.78, 5) is 21.6. The lowest BCUT2D eigenvalue weighted by Crippen LogP contribution is -2.46. The first kappa shape index (κ1) is 30.7. The minimum atomic E-state index is -4.68. The normalized spacial score (nSPS) is 14.6. The Hall–Kier alpha value is -5.31. The van der Waals surface area contributed by atoms with Crippen LogP contribution >= 0.6 is 0 Å². The van der Waals surface area contributed by atoms with Gasteiger partial charge in [-0.3, -0.25) is 14.6 Å². The summed E-state index contributed by atoms with van der Waals surface area (Å²) < 4.78 is 50.1. The van der Waals surface area contributed by atoms with Crippen LogP contribution in [0.2, 0.25) is 0 Å². The van der Waals surface area contributed by atoms with Crippen LogP contribution in [0.25, 0.3) is 22.5 Å². The van der Waals surface area contributed by atoms with Gasteiger partial charge in [0, 0.05) is 31.3 Å². The number of anilines is 2. The van der Waals surface area contributed by atoms with E-state index in [1.807, 2.05) is 18.0 Å². The van der Waals surface area contributed by atoms with Crippen LogP contribution in [0.5, 0.6) is 0 Å². The van der Waals surface area contributed by atoms with E-state index < -0.39 is 17.6 Å². The molecular weight excluding hydrogens is 599 g/mol. The summed E-state index contributed by atoms with van der Waals surface area (Å²) in [5.74, 6) is 0.327. The number of nitriles is 2. The summed E-state index contributed by atoms with van der Waals surface area (Å²) in [6.45, 7) is 1.14. The van der Waals surface area contributed by atoms with Crippen molar-refractivity contribution < 1.29 is 22.7 Å². The molecule has 1 N–H and O–H groups in total. The molecule has 0 radical (unpaired) electrons. The summed E-state index contributed by atoms with van der Waals surface area (Å²) >= 11 is 0. The number of ether oxygens (including phenoxy) is 1. The van der Waals surface area contributed by atoms with Crippen molar-refractivity contribution >= 4 is 17.5 Å². The molecule has 1 saturated heterocycles. The third kappa shape index (κ3) is 5.88. The van der Waals surface area contributed by atoms with Crippen LogP contribution in [-0.2, 0) is 31.1 Å². The van der Waals surface area contributed by atoms with Crippen molar-refractivity contribution in [2.75, 3.05) is 37.0 Å². The van der Waals surface area contributed by atoms with Gasteiger partial charge in [-0.2, -0.15) is 23.7 Å². The van der Waals surface area contributed by atoms with Crippen molar-refractivity contribution in [1.29, 1.82) is 10.5 Å². The Morgan fingerprint density at radius 1 is 1.11 bits per heavy atom. The van der Waals surface area contributed by atoms with Gasteiger partial charge in [-0.15, -0.1) is 10.2 Å². The molecule has 4 aromatic rings. The standard InChI is InChI=1S/C32H28F3N9O2/c1-42(22-16-46-17-22)14-20-9-25-26(27(10-20)32(33,34)35)15-44(31(25)45)29-12-21(11-28(40-29)38-7-3-6-36)24-8-19(13-37)4-5-23(24)30-41-39-18-43(30)2/h4-5,8-12,18,22H,3,7,14-17H2,1-2H3,(H,38,40). The minimum Gasteiger partial charge on any atom is -0.378 e. The van der Waals surface area contributed by atoms with Crippen LogP contribution < -0.4 is 10.2 Å². The molecule has 0 atom stereocenters. The number of aromatic nitrogens is 4. The van der Waals surface area contributed by atoms with E-state index in [2.05, 4.69) is 26.6 Å². The summed E-state index contributed by atoms with van der Waals surface area (Å²) in [5.41, 5.74) is 1.48. The number of amides is 1. The van der Waals surface area contributed by atoms with Crippen LogP contribution in [-0.4, -0.2) is 63.4 Å². The second kappa shape index (κ2) is 12.2. The second-order valence-corrected chi connectivity index (χ2v) is 11.2. The minimum absolute atomic E-state index is 0.0273. The third-order valence-corrected chi connectivity index (χ3v) is 8.13. The van der Waals surface area contributed by atoms with Crippen LogP contribution in [0.3, 0.4) is 0 Å². The first-order valence-electron chi connectivity index (χ1n) is 14.4. The van der Waals surface area contributed by atoms with Crippen LogP contribution in [0.15, 0.2) is 48.8 Å². The molecule has 2 aromatic carbocycles. The number of benzene rings is 2. The number of rotatable bonds is 9. The highest BCUT2D eigenvalue weighted by Gasteiger charge is 2.41. The highest BCUT2D eigenvalue weighted by atomic mass is 19.4. The quantitative estimate of drug-likeness (QED) is 0.261. The summed E-state index contributed by atoms with van der Waals surface area (Å²) in [5, 5.41) is 30.0. The van der Waals surface area contributed by atoms with Gasteiger partial charge in [-0.1, -0.05) is 0 Å². The van der Waals surface area contributed by atoms with E-state index in [1.54, 1.807) is 41.9 Å². The van der Waals surface area contributed by atoms with Gasteiger partial charge in [0.25, 0.3) is 5.91 Å². The monoisotopic (exact) mass is 627 g/mol. The first-order valence-corrected chi connectivity index (χ1v) is 14.4. The lowest BCUT2D eigenvalue weighted by atomic mass is 9.97. The Morgan fingerprint density at radius 3 is 2.57 bits per heavy atom. The van der Waals surface area contributed by atoms with E-state index in [0.717, 1.165) is 6.07 Å². The fourth-order valence-corrected chi connectivity index (χ4v) is 5.61. The Labute approximate surface area is 262 Å². The number of likely N-dealkylation sites (N-methyl/N-ethyl adjacent to an activating group) is 1. The molecule has 1 fully saturated rings. The molecule has 46 heavy (non-hydrogen) atoms. The zero-order valence-electron chi connectivity index (χ0n) is 25.0. The molecule has 4 heterocycles. The molecule has 0 saturated carbocycles. The van der Waals surface area contributed by atoms with Crippen molar-refractivity contribution in [3.63, 3.8) is 0 Å². The Bertz CT molecular complexity index is 1900. The topological polar surface area (TPSA) is 136 Å². The van der Waals surface area contributed by atoms with Gasteiger partial charge in [0.05, 0.1) is 55.5 Å². The van der Waals surface area contributed by atoms with Crippen LogP contribution in [0, 0.1) is 22.7 Å². The highest BCUT2D eigenvalue weighted by molar-refractivity contribution is 6.10. The molecule has 11 nitrogen and oxygen atoms in total. The molecule has 2 aliphatic rings. The molecule has 0 bridgehead atoms. The maximum Gasteiger partial charge on any atom is 0.416 e. The van der Waals surface area contributed by atoms with E-state index in [1.165, 1.54) is 17.3 Å². The maximum absolute atomic E-state index is 14.4. The molecule has 0 unspecified atom stereocenters. The fourth-order valence-electron chi connectivity index (χ4n) is 5.61. The van der Waals surface area contributed by atoms with Gasteiger partial charge in [0.1, 0.15) is 18.0 Å². The van der Waals surface area contributed by atoms with Crippen LogP contribution in [0.4, 0.5) is 24.8 Å². The van der Waals surface area contributed by atoms with Crippen molar-refractivity contribution in [3.05, 3.63) is 76.6 Å². The van der Waals surface area contributed by atoms with Crippen LogP contribution in [0.1, 0.15) is 39.0 Å². The number of carbonyl (C=O) groups is 1. The van der Waals surface area contributed by atoms with Crippen molar-refractivity contribution in [3.8, 4) is 34.7 Å². The molecule has 0 spiro atoms. The molecular formula is C32H28F3N9O2. The lowest BCUT2D eigenvalue weighted by Gasteiger charge is -2.34. The van der Waals surface area contributed by atoms with E-state index in [0.29, 0.717) is 52.7 Å². The number of aryl methyl sites for hydroxylation is 1. The zero-order valence-corrected chi connectivity index (χ0v) is 25.0. The van der Waals surface area contributed by atoms with E-state index in [-0.39, 0.29) is 49.0 Å². The van der Waals surface area contributed by atoms with Crippen molar-refractivity contribution in [2.24, 2.45) is 7.05 Å². The first-order chi connectivity index (χ1) is 22.1. The van der Waals surface area contributed by atoms with Gasteiger partial charge in [0.15, 0.2) is 5.82 Å². The maximum atomic E-state index is 14.4. The lowest BCUT2D eigenvalue weighted by molar-refractivity contribution is -0.138. The van der Waals surface area contributed by atoms with Gasteiger partial charge < -0.3 is 14.6 Å². The Kier molecular flexibility index (Phi) is 8.17. The number of alkyl halides is 3. The number of halogens is 3. The zero-order chi connectivity index (χ0) is 32.6. The fraction of sp³-hybridized carbons (Fsp3) is 0.312. The molecule has 2 aliphatic heterocycles. The number of hydrogen-bond acceptors (Lipinski definition) is 9. The predicted molar refractivity (Wildman–Crippen MR) is 161 cm³/mol. The van der Waals surface area contributed by atoms with Crippen molar-refractivity contribution in [2.45, 2.75) is 31.7 Å². The van der Waals surface area contributed by atoms with E-state index >= 15 is 0 Å². The summed E-state index contributed by atoms with van der Waals surface area (Å²) in [7, 11) is 3.59. The Balaban J connectivity index is 1.45. The number of pyridine rings is 1. The average molecular weight is 628 g/mol. The van der Waals surface area contributed by atoms with Gasteiger partial charge in [-0.25, -0.2) is 4.98 Å². The smallest absolute Gasteiger partial charge is 0.378 e. The summed E-state index contributed by atoms with van der Waals surface area (Å²) in [6.07, 6.45) is -2.98. The predicted octanol–water partition coefficient (Wildman–Crippen LogP) is 4.75. The summed E-state index contributed by atoms with van der Waals surface area (Å²) in [6, 6.07) is 15.3. The van der Waals surface area contributed by atoms with Crippen molar-refractivity contribution in [1.82, 2.24) is 24.6 Å². The SMILES string of the molecule is CN(Cc1cc2c(c(C(F)(F)F)c1)CN(c1cc(-c3cc(C#N)ccc3-c3nncn3C)cc(NCCC#N)n1)C2=O)C1COC1.